The van der Waals surface area contributed by atoms with Gasteiger partial charge in [-0.15, -0.1) is 0 Å². The Balaban J connectivity index is 2.44. The second-order valence-electron chi connectivity index (χ2n) is 5.68. The van der Waals surface area contributed by atoms with E-state index in [0.29, 0.717) is 29.1 Å². The number of hydrogen-bond donors (Lipinski definition) is 3. The van der Waals surface area contributed by atoms with Gasteiger partial charge in [0.15, 0.2) is 6.54 Å². The molecule has 5 nitrogen and oxygen atoms in total. The van der Waals surface area contributed by atoms with Crippen LogP contribution in [0.5, 0.6) is 0 Å². The quantitative estimate of drug-likeness (QED) is 0.730. The minimum atomic E-state index is -0.465. The first-order valence-electron chi connectivity index (χ1n) is 7.11. The van der Waals surface area contributed by atoms with E-state index in [-0.39, 0.29) is 12.5 Å². The molecule has 0 aromatic heterocycles. The Bertz CT molecular complexity index is 536. The van der Waals surface area contributed by atoms with Crippen molar-refractivity contribution in [1.29, 1.82) is 0 Å². The molecule has 0 radical (unpaired) electrons. The minimum absolute atomic E-state index is 0.165. The first kappa shape index (κ1) is 18.7. The number of rotatable bonds is 6. The van der Waals surface area contributed by atoms with E-state index in [1.807, 2.05) is 33.0 Å². The van der Waals surface area contributed by atoms with Crippen LogP contribution in [0, 0.1) is 5.92 Å². The molecule has 3 N–H and O–H groups in total. The highest BCUT2D eigenvalue weighted by molar-refractivity contribution is 6.42. The molecule has 0 spiro atoms. The van der Waals surface area contributed by atoms with Gasteiger partial charge in [-0.05, 0) is 12.0 Å². The van der Waals surface area contributed by atoms with Gasteiger partial charge >= 0.3 is 6.03 Å². The lowest BCUT2D eigenvalue weighted by Crippen LogP contribution is -3.09. The lowest BCUT2D eigenvalue weighted by atomic mass is 10.2. The molecule has 1 aromatic carbocycles. The second kappa shape index (κ2) is 8.98. The predicted octanol–water partition coefficient (Wildman–Crippen LogP) is 1.49. The van der Waals surface area contributed by atoms with Crippen LogP contribution in [0.25, 0.3) is 0 Å². The number of urea groups is 1. The standard InChI is InChI=1S/C15H21Cl2N3O2/c1-10(2)7-18-15(22)19-13(21)9-20(3)8-11-5-4-6-12(16)14(11)17/h4-6,10H,7-9H2,1-3H3,(H2,18,19,21,22)/p+1. The van der Waals surface area contributed by atoms with Crippen molar-refractivity contribution >= 4 is 35.1 Å². The van der Waals surface area contributed by atoms with Gasteiger partial charge in [0.25, 0.3) is 5.91 Å². The highest BCUT2D eigenvalue weighted by Gasteiger charge is 2.15. The van der Waals surface area contributed by atoms with E-state index in [1.165, 1.54) is 0 Å². The maximum Gasteiger partial charge on any atom is 0.321 e. The second-order valence-corrected chi connectivity index (χ2v) is 6.46. The van der Waals surface area contributed by atoms with Crippen LogP contribution in [-0.4, -0.2) is 32.1 Å². The molecule has 3 amide bonds. The highest BCUT2D eigenvalue weighted by atomic mass is 35.5. The normalized spacial score (nSPS) is 12.1. The van der Waals surface area contributed by atoms with E-state index in [4.69, 9.17) is 23.2 Å². The van der Waals surface area contributed by atoms with Crippen LogP contribution in [0.1, 0.15) is 19.4 Å². The average Bonchev–Trinajstić information content (AvgIpc) is 2.41. The topological polar surface area (TPSA) is 62.6 Å². The molecule has 0 fully saturated rings. The Kier molecular flexibility index (Phi) is 7.65. The van der Waals surface area contributed by atoms with Crippen LogP contribution in [0.2, 0.25) is 10.0 Å². The van der Waals surface area contributed by atoms with Crippen molar-refractivity contribution in [3.63, 3.8) is 0 Å². The van der Waals surface area contributed by atoms with Crippen LogP contribution >= 0.6 is 23.2 Å². The van der Waals surface area contributed by atoms with Crippen LogP contribution in [0.3, 0.4) is 0 Å². The maximum atomic E-state index is 11.8. The van der Waals surface area contributed by atoms with Gasteiger partial charge in [0, 0.05) is 12.1 Å². The summed E-state index contributed by atoms with van der Waals surface area (Å²) in [6.07, 6.45) is 0. The molecule has 7 heteroatoms. The molecule has 22 heavy (non-hydrogen) atoms. The van der Waals surface area contributed by atoms with Crippen LogP contribution in [-0.2, 0) is 11.3 Å². The third-order valence-corrected chi connectivity index (χ3v) is 3.77. The van der Waals surface area contributed by atoms with Crippen molar-refractivity contribution in [3.8, 4) is 0 Å². The summed E-state index contributed by atoms with van der Waals surface area (Å²) in [6.45, 7) is 5.20. The molecule has 0 saturated carbocycles. The van der Waals surface area contributed by atoms with Gasteiger partial charge < -0.3 is 10.2 Å². The van der Waals surface area contributed by atoms with E-state index in [2.05, 4.69) is 10.6 Å². The summed E-state index contributed by atoms with van der Waals surface area (Å²) in [5, 5.41) is 5.93. The van der Waals surface area contributed by atoms with Crippen molar-refractivity contribution in [2.24, 2.45) is 5.92 Å². The van der Waals surface area contributed by atoms with Crippen LogP contribution < -0.4 is 15.5 Å². The predicted molar refractivity (Wildman–Crippen MR) is 88.3 cm³/mol. The first-order chi connectivity index (χ1) is 10.3. The number of amides is 3. The minimum Gasteiger partial charge on any atom is -0.338 e. The van der Waals surface area contributed by atoms with Gasteiger partial charge in [0.2, 0.25) is 0 Å². The summed E-state index contributed by atoms with van der Waals surface area (Å²) in [5.74, 6) is -0.00368. The molecule has 0 aliphatic carbocycles. The summed E-state index contributed by atoms with van der Waals surface area (Å²) < 4.78 is 0. The molecule has 0 heterocycles. The Morgan fingerprint density at radius 1 is 1.27 bits per heavy atom. The number of carbonyl (C=O) groups excluding carboxylic acids is 2. The number of imide groups is 1. The van der Waals surface area contributed by atoms with Gasteiger partial charge in [-0.3, -0.25) is 10.1 Å². The summed E-state index contributed by atoms with van der Waals surface area (Å²) >= 11 is 12.1. The van der Waals surface area contributed by atoms with Crippen molar-refractivity contribution in [3.05, 3.63) is 33.8 Å². The third kappa shape index (κ3) is 6.64. The largest absolute Gasteiger partial charge is 0.338 e. The smallest absolute Gasteiger partial charge is 0.321 e. The van der Waals surface area contributed by atoms with Crippen molar-refractivity contribution in [1.82, 2.24) is 10.6 Å². The SMILES string of the molecule is CC(C)CNC(=O)NC(=O)C[NH+](C)Cc1cccc(Cl)c1Cl. The van der Waals surface area contributed by atoms with E-state index in [1.54, 1.807) is 6.07 Å². The fraction of sp³-hybridized carbons (Fsp3) is 0.467. The third-order valence-electron chi connectivity index (χ3n) is 2.91. The van der Waals surface area contributed by atoms with Gasteiger partial charge in [-0.1, -0.05) is 49.2 Å². The molecule has 0 saturated heterocycles. The van der Waals surface area contributed by atoms with Gasteiger partial charge in [0.1, 0.15) is 6.54 Å². The number of carbonyl (C=O) groups is 2. The van der Waals surface area contributed by atoms with E-state index in [0.717, 1.165) is 10.5 Å². The Labute approximate surface area is 141 Å². The van der Waals surface area contributed by atoms with E-state index in [9.17, 15) is 9.59 Å². The Hall–Kier alpha value is -1.30. The van der Waals surface area contributed by atoms with Crippen molar-refractivity contribution < 1.29 is 14.5 Å². The number of quaternary nitrogens is 1. The number of hydrogen-bond acceptors (Lipinski definition) is 2. The summed E-state index contributed by atoms with van der Waals surface area (Å²) in [5.41, 5.74) is 0.865. The van der Waals surface area contributed by atoms with E-state index >= 15 is 0 Å². The van der Waals surface area contributed by atoms with Gasteiger partial charge in [-0.25, -0.2) is 4.79 Å². The maximum absolute atomic E-state index is 11.8. The molecule has 1 unspecified atom stereocenters. The Morgan fingerprint density at radius 2 is 1.95 bits per heavy atom. The number of nitrogens with one attached hydrogen (secondary N) is 3. The van der Waals surface area contributed by atoms with Crippen LogP contribution in [0.15, 0.2) is 18.2 Å². The van der Waals surface area contributed by atoms with E-state index < -0.39 is 6.03 Å². The molecule has 1 atom stereocenters. The number of halogens is 2. The molecular formula is C15H22Cl2N3O2+. The lowest BCUT2D eigenvalue weighted by Gasteiger charge is -2.15. The van der Waals surface area contributed by atoms with Crippen molar-refractivity contribution in [2.45, 2.75) is 20.4 Å². The zero-order valence-electron chi connectivity index (χ0n) is 13.0. The van der Waals surface area contributed by atoms with Gasteiger partial charge in [0.05, 0.1) is 17.1 Å². The van der Waals surface area contributed by atoms with Crippen LogP contribution in [0.4, 0.5) is 4.79 Å². The molecule has 1 rings (SSSR count). The highest BCUT2D eigenvalue weighted by Crippen LogP contribution is 2.24. The molecule has 0 bridgehead atoms. The fourth-order valence-corrected chi connectivity index (χ4v) is 2.25. The van der Waals surface area contributed by atoms with Crippen molar-refractivity contribution in [2.75, 3.05) is 20.1 Å². The summed E-state index contributed by atoms with van der Waals surface area (Å²) in [6, 6.07) is 4.93. The molecule has 1 aromatic rings. The molecule has 0 aliphatic heterocycles. The summed E-state index contributed by atoms with van der Waals surface area (Å²) in [4.78, 5) is 24.2. The lowest BCUT2D eigenvalue weighted by molar-refractivity contribution is -0.885. The number of likely N-dealkylation sites (N-methyl/N-ethyl adjacent to an activating group) is 1. The number of benzene rings is 1. The Morgan fingerprint density at radius 3 is 2.59 bits per heavy atom. The molecule has 0 aliphatic rings. The fourth-order valence-electron chi connectivity index (χ4n) is 1.86. The summed E-state index contributed by atoms with van der Waals surface area (Å²) in [7, 11) is 1.85. The molecular weight excluding hydrogens is 325 g/mol. The molecule has 122 valence electrons. The zero-order chi connectivity index (χ0) is 16.7. The first-order valence-corrected chi connectivity index (χ1v) is 7.87. The van der Waals surface area contributed by atoms with Gasteiger partial charge in [-0.2, -0.15) is 0 Å². The average molecular weight is 347 g/mol. The monoisotopic (exact) mass is 346 g/mol. The zero-order valence-corrected chi connectivity index (χ0v) is 14.5.